The van der Waals surface area contributed by atoms with Gasteiger partial charge in [-0.05, 0) is 12.1 Å². The van der Waals surface area contributed by atoms with Gasteiger partial charge in [0.15, 0.2) is 0 Å². The predicted molar refractivity (Wildman–Crippen MR) is 61.6 cm³/mol. The second-order valence-electron chi connectivity index (χ2n) is 3.76. The highest BCUT2D eigenvalue weighted by atomic mass is 19.3. The zero-order valence-electron chi connectivity index (χ0n) is 10.1. The summed E-state index contributed by atoms with van der Waals surface area (Å²) in [7, 11) is 0. The molecule has 0 bridgehead atoms. The third kappa shape index (κ3) is 4.51. The van der Waals surface area contributed by atoms with Gasteiger partial charge >= 0.3 is 12.3 Å². The lowest BCUT2D eigenvalue weighted by Gasteiger charge is -2.15. The number of para-hydroxylation sites is 1. The van der Waals surface area contributed by atoms with Gasteiger partial charge in [-0.15, -0.1) is 0 Å². The molecule has 1 N–H and O–H groups in total. The van der Waals surface area contributed by atoms with Crippen molar-refractivity contribution in [2.45, 2.75) is 12.3 Å². The van der Waals surface area contributed by atoms with Gasteiger partial charge in [0.25, 0.3) is 0 Å². The van der Waals surface area contributed by atoms with Crippen molar-refractivity contribution in [3.8, 4) is 6.07 Å². The number of benzene rings is 1. The number of carbonyl (C=O) groups excluding carboxylic acids is 1. The summed E-state index contributed by atoms with van der Waals surface area (Å²) in [5, 5.41) is 11.0. The average Bonchev–Trinajstić information content (AvgIpc) is 2.39. The topological polar surface area (TPSA) is 62.1 Å². The molecule has 1 aromatic rings. The van der Waals surface area contributed by atoms with Gasteiger partial charge < -0.3 is 10.1 Å². The predicted octanol–water partition coefficient (Wildman–Crippen LogP) is 2.41. The fourth-order valence-corrected chi connectivity index (χ4v) is 1.22. The Morgan fingerprint density at radius 2 is 2.05 bits per heavy atom. The molecule has 0 radical (unpaired) electrons. The molecule has 0 saturated carbocycles. The molecule has 0 aromatic heterocycles. The van der Waals surface area contributed by atoms with Crippen LogP contribution in [0.4, 0.5) is 23.2 Å². The Balaban J connectivity index is 2.47. The van der Waals surface area contributed by atoms with Crippen molar-refractivity contribution in [1.82, 2.24) is 0 Å². The van der Waals surface area contributed by atoms with Gasteiger partial charge in [-0.1, -0.05) is 12.1 Å². The van der Waals surface area contributed by atoms with Crippen LogP contribution in [-0.2, 0) is 9.53 Å². The molecule has 1 rings (SSSR count). The van der Waals surface area contributed by atoms with Crippen LogP contribution in [0.15, 0.2) is 24.3 Å². The van der Waals surface area contributed by atoms with E-state index in [4.69, 9.17) is 5.26 Å². The Kier molecular flexibility index (Phi) is 5.46. The number of nitrogens with zero attached hydrogens (tertiary/aromatic N) is 1. The number of halogens is 4. The first-order chi connectivity index (χ1) is 9.36. The van der Waals surface area contributed by atoms with Crippen LogP contribution in [0.1, 0.15) is 5.56 Å². The smallest absolute Gasteiger partial charge is 0.330 e. The lowest BCUT2D eigenvalue weighted by atomic mass is 10.2. The molecular formula is C12H10F4N2O2. The van der Waals surface area contributed by atoms with Gasteiger partial charge in [0.2, 0.25) is 5.91 Å². The van der Waals surface area contributed by atoms with Crippen LogP contribution in [0.5, 0.6) is 0 Å². The summed E-state index contributed by atoms with van der Waals surface area (Å²) in [6.07, 6.45) is -3.86. The van der Waals surface area contributed by atoms with Crippen molar-refractivity contribution in [3.63, 3.8) is 0 Å². The molecular weight excluding hydrogens is 280 g/mol. The van der Waals surface area contributed by atoms with Crippen LogP contribution in [0.25, 0.3) is 0 Å². The molecule has 20 heavy (non-hydrogen) atoms. The number of hydrogen-bond acceptors (Lipinski definition) is 3. The summed E-state index contributed by atoms with van der Waals surface area (Å²) < 4.78 is 52.9. The first-order valence-electron chi connectivity index (χ1n) is 5.39. The number of nitrogens with one attached hydrogen (secondary N) is 1. The van der Waals surface area contributed by atoms with Gasteiger partial charge in [-0.3, -0.25) is 4.79 Å². The van der Waals surface area contributed by atoms with Crippen molar-refractivity contribution in [2.75, 3.05) is 18.5 Å². The average molecular weight is 290 g/mol. The molecule has 108 valence electrons. The van der Waals surface area contributed by atoms with E-state index >= 15 is 0 Å². The van der Waals surface area contributed by atoms with Crippen molar-refractivity contribution >= 4 is 11.6 Å². The normalized spacial score (nSPS) is 11.2. The number of amides is 1. The van der Waals surface area contributed by atoms with E-state index in [0.717, 1.165) is 0 Å². The third-order valence-electron chi connectivity index (χ3n) is 2.17. The Morgan fingerprint density at radius 1 is 1.40 bits per heavy atom. The minimum atomic E-state index is -4.30. The van der Waals surface area contributed by atoms with Crippen molar-refractivity contribution in [1.29, 1.82) is 5.26 Å². The summed E-state index contributed by atoms with van der Waals surface area (Å²) in [5.74, 6) is -5.12. The molecule has 1 aromatic carbocycles. The Hall–Kier alpha value is -2.14. The molecule has 0 aliphatic carbocycles. The largest absolute Gasteiger partial charge is 0.365 e. The molecule has 0 saturated heterocycles. The molecule has 4 nitrogen and oxygen atoms in total. The van der Waals surface area contributed by atoms with Gasteiger partial charge in [-0.2, -0.15) is 14.0 Å². The number of rotatable bonds is 6. The number of nitriles is 1. The van der Waals surface area contributed by atoms with Crippen LogP contribution >= 0.6 is 0 Å². The number of ether oxygens (including phenoxy) is 1. The number of hydrogen-bond donors (Lipinski definition) is 1. The third-order valence-corrected chi connectivity index (χ3v) is 2.17. The van der Waals surface area contributed by atoms with E-state index in [0.29, 0.717) is 0 Å². The highest BCUT2D eigenvalue weighted by molar-refractivity contribution is 5.92. The van der Waals surface area contributed by atoms with Crippen molar-refractivity contribution in [3.05, 3.63) is 29.8 Å². The lowest BCUT2D eigenvalue weighted by Crippen LogP contribution is -2.34. The minimum Gasteiger partial charge on any atom is -0.365 e. The van der Waals surface area contributed by atoms with Crippen LogP contribution in [0, 0.1) is 11.3 Å². The van der Waals surface area contributed by atoms with Crippen molar-refractivity contribution in [2.24, 2.45) is 0 Å². The van der Waals surface area contributed by atoms with Crippen molar-refractivity contribution < 1.29 is 27.1 Å². The maximum Gasteiger partial charge on any atom is 0.330 e. The lowest BCUT2D eigenvalue weighted by molar-refractivity contribution is -0.167. The fraction of sp³-hybridized carbons (Fsp3) is 0.333. The van der Waals surface area contributed by atoms with E-state index in [2.05, 4.69) is 10.1 Å². The highest BCUT2D eigenvalue weighted by Crippen LogP contribution is 2.22. The summed E-state index contributed by atoms with van der Waals surface area (Å²) in [5.41, 5.74) is 0.364. The highest BCUT2D eigenvalue weighted by Gasteiger charge is 2.41. The zero-order valence-corrected chi connectivity index (χ0v) is 10.1. The zero-order chi connectivity index (χ0) is 15.2. The minimum absolute atomic E-state index is 0.179. The monoisotopic (exact) mass is 290 g/mol. The first-order valence-corrected chi connectivity index (χ1v) is 5.39. The second-order valence-corrected chi connectivity index (χ2v) is 3.76. The molecule has 0 heterocycles. The summed E-state index contributed by atoms with van der Waals surface area (Å²) in [6, 6.07) is 7.84. The van der Waals surface area contributed by atoms with Crippen LogP contribution in [-0.4, -0.2) is 31.5 Å². The maximum atomic E-state index is 12.5. The molecule has 0 unspecified atom stereocenters. The molecule has 0 atom stereocenters. The van der Waals surface area contributed by atoms with Crippen LogP contribution in [0.2, 0.25) is 0 Å². The Morgan fingerprint density at radius 3 is 2.65 bits per heavy atom. The van der Waals surface area contributed by atoms with Gasteiger partial charge in [0, 0.05) is 0 Å². The number of carbonyl (C=O) groups is 1. The molecule has 0 spiro atoms. The SMILES string of the molecule is N#Cc1ccccc1NC(=O)COCC(F)(F)C(F)F. The molecule has 8 heteroatoms. The quantitative estimate of drug-likeness (QED) is 0.818. The summed E-state index contributed by atoms with van der Waals surface area (Å²) in [6.45, 7) is -2.37. The van der Waals surface area contributed by atoms with Gasteiger partial charge in [0.05, 0.1) is 11.3 Å². The van der Waals surface area contributed by atoms with E-state index in [1.165, 1.54) is 12.1 Å². The van der Waals surface area contributed by atoms with E-state index in [1.54, 1.807) is 12.1 Å². The maximum absolute atomic E-state index is 12.5. The van der Waals surface area contributed by atoms with Crippen LogP contribution < -0.4 is 5.32 Å². The molecule has 0 aliphatic heterocycles. The number of alkyl halides is 4. The van der Waals surface area contributed by atoms with Gasteiger partial charge in [0.1, 0.15) is 19.3 Å². The Labute approximate surface area is 112 Å². The van der Waals surface area contributed by atoms with E-state index < -0.39 is 31.5 Å². The van der Waals surface area contributed by atoms with Gasteiger partial charge in [-0.25, -0.2) is 8.78 Å². The van der Waals surface area contributed by atoms with E-state index in [-0.39, 0.29) is 11.3 Å². The van der Waals surface area contributed by atoms with E-state index in [1.807, 2.05) is 6.07 Å². The fourth-order valence-electron chi connectivity index (χ4n) is 1.22. The molecule has 0 aliphatic rings. The summed E-state index contributed by atoms with van der Waals surface area (Å²) >= 11 is 0. The van der Waals surface area contributed by atoms with E-state index in [9.17, 15) is 22.4 Å². The molecule has 1 amide bonds. The standard InChI is InChI=1S/C12H10F4N2O2/c13-11(14)12(15,16)7-20-6-10(19)18-9-4-2-1-3-8(9)5-17/h1-4,11H,6-7H2,(H,18,19). The number of anilines is 1. The first kappa shape index (κ1) is 15.9. The molecule has 0 fully saturated rings. The van der Waals surface area contributed by atoms with Crippen LogP contribution in [0.3, 0.4) is 0 Å². The Bertz CT molecular complexity index is 514. The summed E-state index contributed by atoms with van der Waals surface area (Å²) in [4.78, 5) is 11.4. The second kappa shape index (κ2) is 6.86.